The van der Waals surface area contributed by atoms with Gasteiger partial charge < -0.3 is 10.2 Å². The lowest BCUT2D eigenvalue weighted by Gasteiger charge is -2.37. The van der Waals surface area contributed by atoms with Crippen molar-refractivity contribution in [2.24, 2.45) is 0 Å². The zero-order chi connectivity index (χ0) is 14.2. The molecule has 1 aliphatic rings. The van der Waals surface area contributed by atoms with Crippen LogP contribution in [0.15, 0.2) is 29.2 Å². The minimum absolute atomic E-state index is 0.0141. The maximum absolute atomic E-state index is 12.5. The summed E-state index contributed by atoms with van der Waals surface area (Å²) in [5.74, 6) is -0.423. The summed E-state index contributed by atoms with van der Waals surface area (Å²) < 4.78 is -1.10. The third-order valence-corrected chi connectivity index (χ3v) is 4.44. The second-order valence-corrected chi connectivity index (χ2v) is 6.56. The van der Waals surface area contributed by atoms with Crippen molar-refractivity contribution in [2.75, 3.05) is 11.9 Å². The SMILES string of the molecule is CC(C)NC(=O)[C@]1(C)Sc2ccccc2N(C)C1=O. The van der Waals surface area contributed by atoms with Gasteiger partial charge in [0.05, 0.1) is 5.69 Å². The Bertz CT molecular complexity index is 530. The Morgan fingerprint density at radius 3 is 2.63 bits per heavy atom. The van der Waals surface area contributed by atoms with E-state index in [0.29, 0.717) is 0 Å². The van der Waals surface area contributed by atoms with Crippen LogP contribution in [0.1, 0.15) is 20.8 Å². The van der Waals surface area contributed by atoms with Gasteiger partial charge in [-0.05, 0) is 32.9 Å². The summed E-state index contributed by atoms with van der Waals surface area (Å²) in [5.41, 5.74) is 0.854. The maximum Gasteiger partial charge on any atom is 0.252 e. The number of para-hydroxylation sites is 1. The monoisotopic (exact) mass is 278 g/mol. The summed E-state index contributed by atoms with van der Waals surface area (Å²) in [5, 5.41) is 2.83. The number of rotatable bonds is 2. The lowest BCUT2D eigenvalue weighted by molar-refractivity contribution is -0.131. The van der Waals surface area contributed by atoms with Gasteiger partial charge in [-0.15, -0.1) is 0 Å². The summed E-state index contributed by atoms with van der Waals surface area (Å²) in [6.07, 6.45) is 0. The molecule has 0 radical (unpaired) electrons. The van der Waals surface area contributed by atoms with Gasteiger partial charge in [-0.2, -0.15) is 0 Å². The zero-order valence-electron chi connectivity index (χ0n) is 11.6. The highest BCUT2D eigenvalue weighted by Crippen LogP contribution is 2.44. The molecule has 1 N–H and O–H groups in total. The lowest BCUT2D eigenvalue weighted by Crippen LogP contribution is -2.56. The van der Waals surface area contributed by atoms with Crippen LogP contribution in [0.4, 0.5) is 5.69 Å². The van der Waals surface area contributed by atoms with Crippen molar-refractivity contribution in [2.45, 2.75) is 36.5 Å². The molecule has 0 spiro atoms. The predicted molar refractivity (Wildman–Crippen MR) is 77.4 cm³/mol. The van der Waals surface area contributed by atoms with Gasteiger partial charge in [0.2, 0.25) is 5.91 Å². The van der Waals surface area contributed by atoms with Crippen molar-refractivity contribution >= 4 is 29.3 Å². The van der Waals surface area contributed by atoms with Crippen LogP contribution in [0.3, 0.4) is 0 Å². The first-order chi connectivity index (χ1) is 8.86. The molecule has 4 nitrogen and oxygen atoms in total. The van der Waals surface area contributed by atoms with Crippen molar-refractivity contribution in [3.05, 3.63) is 24.3 Å². The molecule has 0 aliphatic carbocycles. The van der Waals surface area contributed by atoms with E-state index >= 15 is 0 Å². The largest absolute Gasteiger partial charge is 0.352 e. The Morgan fingerprint density at radius 1 is 1.37 bits per heavy atom. The minimum Gasteiger partial charge on any atom is -0.352 e. The molecule has 0 saturated carbocycles. The van der Waals surface area contributed by atoms with E-state index in [0.717, 1.165) is 10.6 Å². The van der Waals surface area contributed by atoms with Crippen molar-refractivity contribution in [3.63, 3.8) is 0 Å². The molecule has 5 heteroatoms. The number of nitrogens with zero attached hydrogens (tertiary/aromatic N) is 1. The van der Waals surface area contributed by atoms with Crippen LogP contribution in [0.25, 0.3) is 0 Å². The standard InChI is InChI=1S/C14H18N2O2S/c1-9(2)15-12(17)14(3)13(18)16(4)10-7-5-6-8-11(10)19-14/h5-9H,1-4H3,(H,15,17)/t14-/m0/s1. The van der Waals surface area contributed by atoms with Crippen LogP contribution in [0.2, 0.25) is 0 Å². The van der Waals surface area contributed by atoms with Gasteiger partial charge in [-0.3, -0.25) is 9.59 Å². The third kappa shape index (κ3) is 2.34. The van der Waals surface area contributed by atoms with E-state index in [1.54, 1.807) is 18.9 Å². The molecule has 19 heavy (non-hydrogen) atoms. The average Bonchev–Trinajstić information content (AvgIpc) is 2.35. The fourth-order valence-corrected chi connectivity index (χ4v) is 3.33. The van der Waals surface area contributed by atoms with Crippen molar-refractivity contribution in [1.29, 1.82) is 0 Å². The maximum atomic E-state index is 12.5. The van der Waals surface area contributed by atoms with Crippen LogP contribution >= 0.6 is 11.8 Å². The zero-order valence-corrected chi connectivity index (χ0v) is 12.4. The summed E-state index contributed by atoms with van der Waals surface area (Å²) in [6, 6.07) is 7.64. The van der Waals surface area contributed by atoms with Gasteiger partial charge in [0.25, 0.3) is 5.91 Å². The van der Waals surface area contributed by atoms with E-state index in [-0.39, 0.29) is 17.9 Å². The van der Waals surface area contributed by atoms with Gasteiger partial charge >= 0.3 is 0 Å². The molecule has 0 fully saturated rings. The predicted octanol–water partition coefficient (Wildman–Crippen LogP) is 2.04. The van der Waals surface area contributed by atoms with Crippen LogP contribution in [0.5, 0.6) is 0 Å². The Morgan fingerprint density at radius 2 is 2.00 bits per heavy atom. The van der Waals surface area contributed by atoms with Crippen molar-refractivity contribution < 1.29 is 9.59 Å². The smallest absolute Gasteiger partial charge is 0.252 e. The van der Waals surface area contributed by atoms with Gasteiger partial charge in [0.1, 0.15) is 0 Å². The number of hydrogen-bond acceptors (Lipinski definition) is 3. The first kappa shape index (κ1) is 13.9. The first-order valence-electron chi connectivity index (χ1n) is 6.23. The van der Waals surface area contributed by atoms with E-state index < -0.39 is 4.75 Å². The van der Waals surface area contributed by atoms with E-state index in [4.69, 9.17) is 0 Å². The number of anilines is 1. The Hall–Kier alpha value is -1.49. The normalized spacial score (nSPS) is 22.4. The minimum atomic E-state index is -1.10. The van der Waals surface area contributed by atoms with Gasteiger partial charge in [-0.25, -0.2) is 0 Å². The van der Waals surface area contributed by atoms with E-state index in [9.17, 15) is 9.59 Å². The molecular weight excluding hydrogens is 260 g/mol. The van der Waals surface area contributed by atoms with Gasteiger partial charge in [0, 0.05) is 18.0 Å². The summed E-state index contributed by atoms with van der Waals surface area (Å²) in [7, 11) is 1.71. The highest BCUT2D eigenvalue weighted by atomic mass is 32.2. The molecule has 2 rings (SSSR count). The molecule has 1 aromatic rings. The Balaban J connectivity index is 2.39. The second kappa shape index (κ2) is 4.89. The third-order valence-electron chi connectivity index (χ3n) is 3.11. The Kier molecular flexibility index (Phi) is 3.58. The fraction of sp³-hybridized carbons (Fsp3) is 0.429. The number of carbonyl (C=O) groups is 2. The number of nitrogens with one attached hydrogen (secondary N) is 1. The van der Waals surface area contributed by atoms with Crippen molar-refractivity contribution in [3.8, 4) is 0 Å². The molecule has 0 unspecified atom stereocenters. The highest BCUT2D eigenvalue weighted by molar-refractivity contribution is 8.02. The molecule has 1 aromatic carbocycles. The second-order valence-electron chi connectivity index (χ2n) is 5.10. The molecule has 0 bridgehead atoms. The van der Waals surface area contributed by atoms with Crippen molar-refractivity contribution in [1.82, 2.24) is 5.32 Å². The Labute approximate surface area is 117 Å². The molecule has 1 heterocycles. The molecule has 0 saturated heterocycles. The number of hydrogen-bond donors (Lipinski definition) is 1. The fourth-order valence-electron chi connectivity index (χ4n) is 2.06. The molecule has 1 aliphatic heterocycles. The number of thioether (sulfide) groups is 1. The summed E-state index contributed by atoms with van der Waals surface area (Å²) in [4.78, 5) is 27.3. The molecule has 1 atom stereocenters. The lowest BCUT2D eigenvalue weighted by atomic mass is 10.1. The number of fused-ring (bicyclic) bond motifs is 1. The van der Waals surface area contributed by atoms with Crippen LogP contribution in [-0.4, -0.2) is 29.7 Å². The molecule has 0 aromatic heterocycles. The van der Waals surface area contributed by atoms with Crippen LogP contribution < -0.4 is 10.2 Å². The van der Waals surface area contributed by atoms with Crippen LogP contribution in [-0.2, 0) is 9.59 Å². The quantitative estimate of drug-likeness (QED) is 0.842. The van der Waals surface area contributed by atoms with E-state index in [1.165, 1.54) is 11.8 Å². The van der Waals surface area contributed by atoms with E-state index in [1.807, 2.05) is 38.1 Å². The molecule has 102 valence electrons. The van der Waals surface area contributed by atoms with Crippen LogP contribution in [0, 0.1) is 0 Å². The number of amides is 2. The highest BCUT2D eigenvalue weighted by Gasteiger charge is 2.48. The molecular formula is C14H18N2O2S. The topological polar surface area (TPSA) is 49.4 Å². The van der Waals surface area contributed by atoms with Gasteiger partial charge in [-0.1, -0.05) is 23.9 Å². The molecule has 2 amide bonds. The first-order valence-corrected chi connectivity index (χ1v) is 7.05. The number of carbonyl (C=O) groups excluding carboxylic acids is 2. The summed E-state index contributed by atoms with van der Waals surface area (Å²) in [6.45, 7) is 5.46. The average molecular weight is 278 g/mol. The number of benzene rings is 1. The van der Waals surface area contributed by atoms with Gasteiger partial charge in [0.15, 0.2) is 4.75 Å². The summed E-state index contributed by atoms with van der Waals surface area (Å²) >= 11 is 1.32. The van der Waals surface area contributed by atoms with E-state index in [2.05, 4.69) is 5.32 Å².